The number of hydrogen-bond donors (Lipinski definition) is 0. The summed E-state index contributed by atoms with van der Waals surface area (Å²) in [6, 6.07) is 7.85. The number of aromatic nitrogens is 1. The topological polar surface area (TPSA) is 62.7 Å². The zero-order chi connectivity index (χ0) is 24.9. The van der Waals surface area contributed by atoms with Crippen LogP contribution in [0.25, 0.3) is 0 Å². The number of aryl methyl sites for hydroxylation is 1. The van der Waals surface area contributed by atoms with Crippen molar-refractivity contribution in [3.63, 3.8) is 0 Å². The number of benzene rings is 1. The number of Topliss-reactive ketones (excluding diaryl/α,β-unsaturated/α-hetero) is 1. The molecule has 1 atom stereocenters. The number of ketones is 1. The number of ether oxygens (including phenoxy) is 1. The van der Waals surface area contributed by atoms with Gasteiger partial charge in [0, 0.05) is 80.3 Å². The van der Waals surface area contributed by atoms with E-state index < -0.39 is 0 Å². The molecule has 188 valence electrons. The van der Waals surface area contributed by atoms with Crippen LogP contribution in [-0.2, 0) is 28.9 Å². The Balaban J connectivity index is 1.40. The van der Waals surface area contributed by atoms with E-state index in [4.69, 9.17) is 16.3 Å². The fourth-order valence-electron chi connectivity index (χ4n) is 5.14. The first-order chi connectivity index (χ1) is 16.9. The van der Waals surface area contributed by atoms with Gasteiger partial charge in [-0.1, -0.05) is 18.5 Å². The zero-order valence-electron chi connectivity index (χ0n) is 21.1. The number of halogens is 1. The minimum absolute atomic E-state index is 0.0466. The van der Waals surface area contributed by atoms with Gasteiger partial charge in [-0.3, -0.25) is 19.5 Å². The van der Waals surface area contributed by atoms with Crippen molar-refractivity contribution in [2.45, 2.75) is 59.0 Å². The van der Waals surface area contributed by atoms with Crippen LogP contribution in [0.3, 0.4) is 0 Å². The SMILES string of the molecule is CCc1ccc(C(=O)Cc2cc(Cl)cc(CN3CCN(C(=O)C4CCOCC4)[C@@H](C)C3)c2C)cn1. The van der Waals surface area contributed by atoms with E-state index in [1.54, 1.807) is 6.20 Å². The lowest BCUT2D eigenvalue weighted by molar-refractivity contribution is -0.143. The normalized spacial score (nSPS) is 19.7. The molecule has 4 rings (SSSR count). The molecule has 2 aliphatic rings. The van der Waals surface area contributed by atoms with Crippen LogP contribution >= 0.6 is 11.6 Å². The lowest BCUT2D eigenvalue weighted by atomic mass is 9.95. The van der Waals surface area contributed by atoms with E-state index in [1.165, 1.54) is 0 Å². The molecule has 0 unspecified atom stereocenters. The summed E-state index contributed by atoms with van der Waals surface area (Å²) in [6.45, 7) is 10.8. The molecular weight excluding hydrogens is 462 g/mol. The van der Waals surface area contributed by atoms with E-state index in [2.05, 4.69) is 28.6 Å². The first-order valence-corrected chi connectivity index (χ1v) is 13.1. The molecule has 2 saturated heterocycles. The molecule has 1 aromatic heterocycles. The average Bonchev–Trinajstić information content (AvgIpc) is 2.87. The predicted molar refractivity (Wildman–Crippen MR) is 138 cm³/mol. The number of carbonyl (C=O) groups excluding carboxylic acids is 2. The maximum atomic E-state index is 13.0. The molecule has 6 nitrogen and oxygen atoms in total. The van der Waals surface area contributed by atoms with Crippen LogP contribution < -0.4 is 0 Å². The minimum Gasteiger partial charge on any atom is -0.381 e. The molecule has 0 spiro atoms. The molecule has 0 aliphatic carbocycles. The Hall–Kier alpha value is -2.28. The van der Waals surface area contributed by atoms with E-state index in [0.717, 1.165) is 67.8 Å². The van der Waals surface area contributed by atoms with Crippen molar-refractivity contribution in [1.82, 2.24) is 14.8 Å². The third kappa shape index (κ3) is 6.29. The van der Waals surface area contributed by atoms with Gasteiger partial charge in [-0.25, -0.2) is 0 Å². The second kappa shape index (κ2) is 11.6. The molecule has 3 heterocycles. The van der Waals surface area contributed by atoms with Crippen LogP contribution in [0.15, 0.2) is 30.5 Å². The van der Waals surface area contributed by atoms with Gasteiger partial charge in [0.25, 0.3) is 0 Å². The van der Waals surface area contributed by atoms with E-state index in [0.29, 0.717) is 30.2 Å². The largest absolute Gasteiger partial charge is 0.381 e. The number of carbonyl (C=O) groups is 2. The third-order valence-corrected chi connectivity index (χ3v) is 7.62. The van der Waals surface area contributed by atoms with E-state index in [9.17, 15) is 9.59 Å². The first-order valence-electron chi connectivity index (χ1n) is 12.7. The van der Waals surface area contributed by atoms with Crippen LogP contribution in [-0.4, -0.2) is 65.4 Å². The Morgan fingerprint density at radius 2 is 1.89 bits per heavy atom. The summed E-state index contributed by atoms with van der Waals surface area (Å²) in [4.78, 5) is 34.7. The number of piperazine rings is 1. The molecular formula is C28H36ClN3O3. The second-order valence-corrected chi connectivity index (χ2v) is 10.3. The molecule has 0 saturated carbocycles. The number of hydrogen-bond acceptors (Lipinski definition) is 5. The summed E-state index contributed by atoms with van der Waals surface area (Å²) in [5.41, 5.74) is 4.80. The van der Waals surface area contributed by atoms with Crippen LogP contribution in [0.2, 0.25) is 5.02 Å². The Kier molecular flexibility index (Phi) is 8.58. The van der Waals surface area contributed by atoms with Crippen molar-refractivity contribution in [3.05, 3.63) is 63.4 Å². The quantitative estimate of drug-likeness (QED) is 0.527. The first kappa shape index (κ1) is 25.8. The Morgan fingerprint density at radius 1 is 1.14 bits per heavy atom. The molecule has 35 heavy (non-hydrogen) atoms. The third-order valence-electron chi connectivity index (χ3n) is 7.41. The molecule has 0 bridgehead atoms. The van der Waals surface area contributed by atoms with E-state index >= 15 is 0 Å². The lowest BCUT2D eigenvalue weighted by Gasteiger charge is -2.42. The monoisotopic (exact) mass is 497 g/mol. The molecule has 7 heteroatoms. The molecule has 2 aliphatic heterocycles. The van der Waals surface area contributed by atoms with E-state index in [1.807, 2.05) is 31.2 Å². The minimum atomic E-state index is 0.0466. The summed E-state index contributed by atoms with van der Waals surface area (Å²) < 4.78 is 5.42. The van der Waals surface area contributed by atoms with Crippen LogP contribution in [0, 0.1) is 12.8 Å². The number of nitrogens with zero attached hydrogens (tertiary/aromatic N) is 3. The number of rotatable bonds is 7. The Morgan fingerprint density at radius 3 is 2.54 bits per heavy atom. The fraction of sp³-hybridized carbons (Fsp3) is 0.536. The number of pyridine rings is 1. The van der Waals surface area contributed by atoms with Gasteiger partial charge in [0.2, 0.25) is 5.91 Å². The standard InChI is InChI=1S/C28H36ClN3O3/c1-4-26-6-5-22(16-30-26)27(33)15-23-13-25(29)14-24(20(23)3)18-31-9-10-32(19(2)17-31)28(34)21-7-11-35-12-8-21/h5-6,13-14,16,19,21H,4,7-12,15,17-18H2,1-3H3/t19-/m0/s1. The highest BCUT2D eigenvalue weighted by Crippen LogP contribution is 2.26. The highest BCUT2D eigenvalue weighted by molar-refractivity contribution is 6.30. The molecule has 0 radical (unpaired) electrons. The van der Waals surface area contributed by atoms with Gasteiger partial charge < -0.3 is 9.64 Å². The summed E-state index contributed by atoms with van der Waals surface area (Å²) >= 11 is 6.48. The van der Waals surface area contributed by atoms with Gasteiger partial charge in [0.15, 0.2) is 5.78 Å². The molecule has 0 N–H and O–H groups in total. The van der Waals surface area contributed by atoms with Gasteiger partial charge in [-0.05, 0) is 74.1 Å². The molecule has 1 amide bonds. The Labute approximate surface area is 213 Å². The van der Waals surface area contributed by atoms with Crippen molar-refractivity contribution >= 4 is 23.3 Å². The fourth-order valence-corrected chi connectivity index (χ4v) is 5.41. The van der Waals surface area contributed by atoms with Gasteiger partial charge in [0.1, 0.15) is 0 Å². The summed E-state index contributed by atoms with van der Waals surface area (Å²) in [7, 11) is 0. The smallest absolute Gasteiger partial charge is 0.226 e. The average molecular weight is 498 g/mol. The predicted octanol–water partition coefficient (Wildman–Crippen LogP) is 4.49. The van der Waals surface area contributed by atoms with Crippen LogP contribution in [0.4, 0.5) is 0 Å². The summed E-state index contributed by atoms with van der Waals surface area (Å²) in [5, 5.41) is 0.647. The molecule has 2 aromatic rings. The van der Waals surface area contributed by atoms with Crippen molar-refractivity contribution in [1.29, 1.82) is 0 Å². The summed E-state index contributed by atoms with van der Waals surface area (Å²) in [5.74, 6) is 0.424. The van der Waals surface area contributed by atoms with Crippen molar-refractivity contribution in [2.75, 3.05) is 32.8 Å². The lowest BCUT2D eigenvalue weighted by Crippen LogP contribution is -2.55. The van der Waals surface area contributed by atoms with Crippen LogP contribution in [0.5, 0.6) is 0 Å². The molecule has 1 aromatic carbocycles. The van der Waals surface area contributed by atoms with Crippen LogP contribution in [0.1, 0.15) is 59.4 Å². The van der Waals surface area contributed by atoms with Gasteiger partial charge in [-0.15, -0.1) is 0 Å². The van der Waals surface area contributed by atoms with Gasteiger partial charge in [0.05, 0.1) is 0 Å². The highest BCUT2D eigenvalue weighted by Gasteiger charge is 2.32. The van der Waals surface area contributed by atoms with Crippen molar-refractivity contribution in [3.8, 4) is 0 Å². The second-order valence-electron chi connectivity index (χ2n) is 9.84. The summed E-state index contributed by atoms with van der Waals surface area (Å²) in [6.07, 6.45) is 4.48. The zero-order valence-corrected chi connectivity index (χ0v) is 21.8. The van der Waals surface area contributed by atoms with Gasteiger partial charge in [-0.2, -0.15) is 0 Å². The van der Waals surface area contributed by atoms with Gasteiger partial charge >= 0.3 is 0 Å². The highest BCUT2D eigenvalue weighted by atomic mass is 35.5. The maximum absolute atomic E-state index is 13.0. The maximum Gasteiger partial charge on any atom is 0.226 e. The van der Waals surface area contributed by atoms with Crippen molar-refractivity contribution < 1.29 is 14.3 Å². The molecule has 2 fully saturated rings. The Bertz CT molecular complexity index is 1050. The number of amides is 1. The van der Waals surface area contributed by atoms with E-state index in [-0.39, 0.29) is 23.7 Å². The van der Waals surface area contributed by atoms with Crippen molar-refractivity contribution in [2.24, 2.45) is 5.92 Å².